The minimum Gasteiger partial charge on any atom is -0.370 e. The zero-order chi connectivity index (χ0) is 11.8. The summed E-state index contributed by atoms with van der Waals surface area (Å²) in [5.74, 6) is 0. The van der Waals surface area contributed by atoms with Gasteiger partial charge in [0.2, 0.25) is 0 Å². The molecule has 1 aliphatic carbocycles. The summed E-state index contributed by atoms with van der Waals surface area (Å²) in [6.45, 7) is 0. The van der Waals surface area contributed by atoms with E-state index in [2.05, 4.69) is 36.5 Å². The van der Waals surface area contributed by atoms with Crippen molar-refractivity contribution in [1.29, 1.82) is 0 Å². The number of hydrogen-bond acceptors (Lipinski definition) is 1. The Morgan fingerprint density at radius 1 is 0.529 bits per heavy atom. The molecule has 94 valence electrons. The third-order valence-corrected chi connectivity index (χ3v) is 3.42. The van der Waals surface area contributed by atoms with Crippen LogP contribution in [0.3, 0.4) is 0 Å². The van der Waals surface area contributed by atoms with Crippen LogP contribution in [0.25, 0.3) is 0 Å². The van der Waals surface area contributed by atoms with Gasteiger partial charge in [-0.1, -0.05) is 36.5 Å². The molecule has 0 aromatic carbocycles. The SMILES string of the molecule is C1=C\CC/C=C\CCC2OC2CC/C=C\CC/1. The lowest BCUT2D eigenvalue weighted by Gasteiger charge is -1.93. The van der Waals surface area contributed by atoms with Crippen LogP contribution < -0.4 is 0 Å². The molecule has 0 radical (unpaired) electrons. The highest BCUT2D eigenvalue weighted by Gasteiger charge is 2.36. The van der Waals surface area contributed by atoms with Crippen molar-refractivity contribution in [3.05, 3.63) is 36.5 Å². The van der Waals surface area contributed by atoms with E-state index in [0.29, 0.717) is 12.2 Å². The van der Waals surface area contributed by atoms with Crippen LogP contribution >= 0.6 is 0 Å². The number of allylic oxidation sites excluding steroid dienone is 6. The number of rotatable bonds is 0. The maximum Gasteiger partial charge on any atom is 0.0845 e. The number of hydrogen-bond donors (Lipinski definition) is 0. The zero-order valence-corrected chi connectivity index (χ0v) is 10.7. The second-order valence-corrected chi connectivity index (χ2v) is 4.94. The molecule has 0 aromatic heterocycles. The Hall–Kier alpha value is -0.820. The second-order valence-electron chi connectivity index (χ2n) is 4.94. The second kappa shape index (κ2) is 7.50. The number of epoxide rings is 1. The summed E-state index contributed by atoms with van der Waals surface area (Å²) in [5.41, 5.74) is 0. The largest absolute Gasteiger partial charge is 0.370 e. The van der Waals surface area contributed by atoms with E-state index >= 15 is 0 Å². The Balaban J connectivity index is 1.74. The molecule has 2 rings (SSSR count). The molecule has 17 heavy (non-hydrogen) atoms. The first-order valence-corrected chi connectivity index (χ1v) is 7.07. The minimum atomic E-state index is 0.556. The summed E-state index contributed by atoms with van der Waals surface area (Å²) in [7, 11) is 0. The van der Waals surface area contributed by atoms with Gasteiger partial charge in [-0.15, -0.1) is 0 Å². The minimum absolute atomic E-state index is 0.556. The highest BCUT2D eigenvalue weighted by Crippen LogP contribution is 2.30. The smallest absolute Gasteiger partial charge is 0.0845 e. The van der Waals surface area contributed by atoms with Crippen molar-refractivity contribution < 1.29 is 4.74 Å². The van der Waals surface area contributed by atoms with E-state index in [9.17, 15) is 0 Å². The van der Waals surface area contributed by atoms with Gasteiger partial charge in [-0.3, -0.25) is 0 Å². The molecule has 0 amide bonds. The molecule has 1 saturated heterocycles. The van der Waals surface area contributed by atoms with E-state index in [0.717, 1.165) is 0 Å². The molecule has 2 unspecified atom stereocenters. The molecule has 2 aliphatic rings. The predicted octanol–water partition coefficient (Wildman–Crippen LogP) is 4.56. The predicted molar refractivity (Wildman–Crippen MR) is 73.0 cm³/mol. The molecule has 0 saturated carbocycles. The molecule has 0 bridgehead atoms. The molecule has 0 aromatic rings. The topological polar surface area (TPSA) is 12.5 Å². The van der Waals surface area contributed by atoms with E-state index < -0.39 is 0 Å². The lowest BCUT2D eigenvalue weighted by atomic mass is 10.1. The summed E-state index contributed by atoms with van der Waals surface area (Å²) < 4.78 is 5.66. The molecule has 0 N–H and O–H groups in total. The Labute approximate surface area is 105 Å². The fourth-order valence-corrected chi connectivity index (χ4v) is 2.30. The van der Waals surface area contributed by atoms with E-state index in [-0.39, 0.29) is 0 Å². The van der Waals surface area contributed by atoms with Gasteiger partial charge in [0.25, 0.3) is 0 Å². The van der Waals surface area contributed by atoms with Crippen LogP contribution in [0.15, 0.2) is 36.5 Å². The average molecular weight is 232 g/mol. The quantitative estimate of drug-likeness (QED) is 0.440. The first-order valence-electron chi connectivity index (χ1n) is 7.07. The zero-order valence-electron chi connectivity index (χ0n) is 10.7. The monoisotopic (exact) mass is 232 g/mol. The molecule has 1 aliphatic heterocycles. The van der Waals surface area contributed by atoms with Crippen LogP contribution in [0.5, 0.6) is 0 Å². The molecule has 1 heterocycles. The first-order chi connectivity index (χ1) is 8.47. The van der Waals surface area contributed by atoms with Crippen molar-refractivity contribution >= 4 is 0 Å². The highest BCUT2D eigenvalue weighted by atomic mass is 16.6. The lowest BCUT2D eigenvalue weighted by Crippen LogP contribution is -1.92. The maximum absolute atomic E-state index is 5.66. The summed E-state index contributed by atoms with van der Waals surface area (Å²) >= 11 is 0. The van der Waals surface area contributed by atoms with Gasteiger partial charge >= 0.3 is 0 Å². The van der Waals surface area contributed by atoms with Crippen LogP contribution in [0.1, 0.15) is 51.4 Å². The van der Waals surface area contributed by atoms with Gasteiger partial charge in [0.1, 0.15) is 0 Å². The molecule has 1 nitrogen and oxygen atoms in total. The van der Waals surface area contributed by atoms with E-state index in [1.165, 1.54) is 51.4 Å². The van der Waals surface area contributed by atoms with E-state index in [1.54, 1.807) is 0 Å². The van der Waals surface area contributed by atoms with Crippen LogP contribution in [0.4, 0.5) is 0 Å². The molecular formula is C16H24O. The van der Waals surface area contributed by atoms with Crippen LogP contribution in [-0.4, -0.2) is 12.2 Å². The summed E-state index contributed by atoms with van der Waals surface area (Å²) in [6.07, 6.45) is 24.5. The normalized spacial score (nSPS) is 36.7. The van der Waals surface area contributed by atoms with Gasteiger partial charge < -0.3 is 4.74 Å². The Morgan fingerprint density at radius 3 is 1.29 bits per heavy atom. The Bertz CT molecular complexity index is 260. The summed E-state index contributed by atoms with van der Waals surface area (Å²) in [4.78, 5) is 0. The molecule has 2 atom stereocenters. The van der Waals surface area contributed by atoms with Gasteiger partial charge in [0.15, 0.2) is 0 Å². The van der Waals surface area contributed by atoms with Gasteiger partial charge in [-0.05, 0) is 51.4 Å². The first kappa shape index (κ1) is 12.6. The third kappa shape index (κ3) is 5.36. The van der Waals surface area contributed by atoms with Crippen molar-refractivity contribution in [3.8, 4) is 0 Å². The maximum atomic E-state index is 5.66. The van der Waals surface area contributed by atoms with Gasteiger partial charge in [0.05, 0.1) is 12.2 Å². The van der Waals surface area contributed by atoms with Gasteiger partial charge in [-0.2, -0.15) is 0 Å². The molecular weight excluding hydrogens is 208 g/mol. The van der Waals surface area contributed by atoms with E-state index in [1.807, 2.05) is 0 Å². The Morgan fingerprint density at radius 2 is 0.882 bits per heavy atom. The fourth-order valence-electron chi connectivity index (χ4n) is 2.30. The molecule has 0 spiro atoms. The standard InChI is InChI=1S/C16H24O/c1-2-4-6-8-10-12-14-16-15(17-16)13-11-9-7-5-3-1/h1-2,7-10,15-16H,3-6,11-14H2/b2-1-,9-7-,10-8-. The lowest BCUT2D eigenvalue weighted by molar-refractivity contribution is 0.357. The van der Waals surface area contributed by atoms with Crippen LogP contribution in [0.2, 0.25) is 0 Å². The van der Waals surface area contributed by atoms with Crippen LogP contribution in [0, 0.1) is 0 Å². The van der Waals surface area contributed by atoms with E-state index in [4.69, 9.17) is 4.74 Å². The van der Waals surface area contributed by atoms with Crippen molar-refractivity contribution in [3.63, 3.8) is 0 Å². The van der Waals surface area contributed by atoms with Gasteiger partial charge in [-0.25, -0.2) is 0 Å². The summed E-state index contributed by atoms with van der Waals surface area (Å²) in [5, 5.41) is 0. The van der Waals surface area contributed by atoms with Crippen LogP contribution in [-0.2, 0) is 4.74 Å². The fraction of sp³-hybridized carbons (Fsp3) is 0.625. The van der Waals surface area contributed by atoms with Crippen molar-refractivity contribution in [2.24, 2.45) is 0 Å². The summed E-state index contributed by atoms with van der Waals surface area (Å²) in [6, 6.07) is 0. The number of ether oxygens (including phenoxy) is 1. The third-order valence-electron chi connectivity index (χ3n) is 3.42. The number of fused-ring (bicyclic) bond motifs is 1. The van der Waals surface area contributed by atoms with Crippen molar-refractivity contribution in [1.82, 2.24) is 0 Å². The highest BCUT2D eigenvalue weighted by molar-refractivity contribution is 4.94. The molecule has 1 fully saturated rings. The average Bonchev–Trinajstić information content (AvgIpc) is 3.07. The van der Waals surface area contributed by atoms with Gasteiger partial charge in [0, 0.05) is 0 Å². The van der Waals surface area contributed by atoms with Crippen molar-refractivity contribution in [2.45, 2.75) is 63.6 Å². The Kier molecular flexibility index (Phi) is 5.57. The van der Waals surface area contributed by atoms with Crippen molar-refractivity contribution in [2.75, 3.05) is 0 Å². The molecule has 1 heteroatoms.